The predicted molar refractivity (Wildman–Crippen MR) is 85.6 cm³/mol. The van der Waals surface area contributed by atoms with Crippen LogP contribution in [0, 0.1) is 5.92 Å². The quantitative estimate of drug-likeness (QED) is 0.815. The van der Waals surface area contributed by atoms with Crippen LogP contribution in [0.25, 0.3) is 0 Å². The second-order valence-electron chi connectivity index (χ2n) is 5.51. The van der Waals surface area contributed by atoms with E-state index in [1.165, 1.54) is 0 Å². The molecule has 1 aliphatic rings. The molecule has 0 spiro atoms. The number of nitrogens with one attached hydrogen (secondary N) is 1. The zero-order valence-electron chi connectivity index (χ0n) is 12.9. The summed E-state index contributed by atoms with van der Waals surface area (Å²) in [6.45, 7) is 4.44. The van der Waals surface area contributed by atoms with E-state index < -0.39 is 0 Å². The summed E-state index contributed by atoms with van der Waals surface area (Å²) in [5.74, 6) is 0.963. The molecular formula is C16H25N3O2. The highest BCUT2D eigenvalue weighted by atomic mass is 16.5. The smallest absolute Gasteiger partial charge is 0.224 e. The van der Waals surface area contributed by atoms with Crippen molar-refractivity contribution in [3.05, 3.63) is 18.2 Å². The van der Waals surface area contributed by atoms with Crippen LogP contribution in [-0.4, -0.2) is 32.7 Å². The van der Waals surface area contributed by atoms with E-state index in [-0.39, 0.29) is 11.8 Å². The monoisotopic (exact) mass is 291 g/mol. The Labute approximate surface area is 126 Å². The highest BCUT2D eigenvalue weighted by Gasteiger charge is 2.25. The third kappa shape index (κ3) is 4.03. The van der Waals surface area contributed by atoms with E-state index in [1.54, 1.807) is 7.05 Å². The fourth-order valence-electron chi connectivity index (χ4n) is 2.72. The molecule has 116 valence electrons. The number of anilines is 2. The molecule has 1 aromatic carbocycles. The number of rotatable bonds is 5. The molecule has 0 radical (unpaired) electrons. The molecule has 1 aromatic rings. The Bertz CT molecular complexity index is 490. The first-order valence-electron chi connectivity index (χ1n) is 7.64. The topological polar surface area (TPSA) is 67.6 Å². The minimum absolute atomic E-state index is 0.0465. The molecule has 0 aromatic heterocycles. The van der Waals surface area contributed by atoms with Gasteiger partial charge in [0.05, 0.1) is 12.5 Å². The van der Waals surface area contributed by atoms with E-state index in [2.05, 4.69) is 17.1 Å². The van der Waals surface area contributed by atoms with Crippen molar-refractivity contribution >= 4 is 17.3 Å². The number of hydrogen-bond acceptors (Lipinski definition) is 4. The molecule has 5 nitrogen and oxygen atoms in total. The molecule has 1 amide bonds. The number of nitrogens with two attached hydrogens (primary N) is 1. The van der Waals surface area contributed by atoms with Crippen molar-refractivity contribution in [1.82, 2.24) is 5.32 Å². The van der Waals surface area contributed by atoms with Gasteiger partial charge in [0, 0.05) is 43.6 Å². The van der Waals surface area contributed by atoms with Crippen LogP contribution in [0.4, 0.5) is 11.4 Å². The second kappa shape index (κ2) is 7.20. The Morgan fingerprint density at radius 2 is 2.29 bits per heavy atom. The lowest BCUT2D eigenvalue weighted by molar-refractivity contribution is -0.124. The van der Waals surface area contributed by atoms with Crippen molar-refractivity contribution in [2.24, 2.45) is 5.92 Å². The molecule has 21 heavy (non-hydrogen) atoms. The minimum Gasteiger partial charge on any atom is -0.493 e. The summed E-state index contributed by atoms with van der Waals surface area (Å²) < 4.78 is 5.68. The van der Waals surface area contributed by atoms with Crippen molar-refractivity contribution in [3.8, 4) is 5.75 Å². The highest BCUT2D eigenvalue weighted by Crippen LogP contribution is 2.29. The maximum absolute atomic E-state index is 11.8. The summed E-state index contributed by atoms with van der Waals surface area (Å²) in [5.41, 5.74) is 7.70. The average molecular weight is 291 g/mol. The van der Waals surface area contributed by atoms with Crippen molar-refractivity contribution in [3.63, 3.8) is 0 Å². The highest BCUT2D eigenvalue weighted by molar-refractivity contribution is 5.79. The van der Waals surface area contributed by atoms with Crippen molar-refractivity contribution < 1.29 is 9.53 Å². The SMILES string of the molecule is CCCOc1cc(N)cc(N2CCCC(C(=O)NC)C2)c1. The lowest BCUT2D eigenvalue weighted by Gasteiger charge is -2.33. The maximum atomic E-state index is 11.8. The van der Waals surface area contributed by atoms with E-state index in [1.807, 2.05) is 18.2 Å². The van der Waals surface area contributed by atoms with Crippen LogP contribution in [-0.2, 0) is 4.79 Å². The van der Waals surface area contributed by atoms with Crippen molar-refractivity contribution in [2.75, 3.05) is 37.4 Å². The van der Waals surface area contributed by atoms with E-state index in [0.29, 0.717) is 12.3 Å². The van der Waals surface area contributed by atoms with Gasteiger partial charge in [0.25, 0.3) is 0 Å². The molecule has 0 aliphatic carbocycles. The van der Waals surface area contributed by atoms with Gasteiger partial charge in [-0.1, -0.05) is 6.92 Å². The maximum Gasteiger partial charge on any atom is 0.224 e. The molecule has 0 saturated carbocycles. The molecule has 1 saturated heterocycles. The zero-order valence-corrected chi connectivity index (χ0v) is 12.9. The van der Waals surface area contributed by atoms with E-state index in [4.69, 9.17) is 10.5 Å². The van der Waals surface area contributed by atoms with Crippen molar-refractivity contribution in [1.29, 1.82) is 0 Å². The second-order valence-corrected chi connectivity index (χ2v) is 5.51. The fraction of sp³-hybridized carbons (Fsp3) is 0.562. The van der Waals surface area contributed by atoms with Crippen LogP contribution in [0.3, 0.4) is 0 Å². The minimum atomic E-state index is 0.0465. The number of carbonyl (C=O) groups excluding carboxylic acids is 1. The van der Waals surface area contributed by atoms with Gasteiger partial charge in [0.15, 0.2) is 0 Å². The Morgan fingerprint density at radius 1 is 1.48 bits per heavy atom. The standard InChI is InChI=1S/C16H25N3O2/c1-3-7-21-15-9-13(17)8-14(10-15)19-6-4-5-12(11-19)16(20)18-2/h8-10,12H,3-7,11,17H2,1-2H3,(H,18,20). The number of carbonyl (C=O) groups is 1. The first-order chi connectivity index (χ1) is 10.1. The molecule has 1 heterocycles. The number of nitrogen functional groups attached to an aromatic ring is 1. The van der Waals surface area contributed by atoms with E-state index in [0.717, 1.165) is 43.8 Å². The fourth-order valence-corrected chi connectivity index (χ4v) is 2.72. The van der Waals surface area contributed by atoms with Crippen LogP contribution >= 0.6 is 0 Å². The number of amides is 1. The molecule has 1 aliphatic heterocycles. The Hall–Kier alpha value is -1.91. The summed E-state index contributed by atoms with van der Waals surface area (Å²) in [6.07, 6.45) is 2.92. The summed E-state index contributed by atoms with van der Waals surface area (Å²) in [5, 5.41) is 2.74. The third-order valence-corrected chi connectivity index (χ3v) is 3.79. The summed E-state index contributed by atoms with van der Waals surface area (Å²) in [7, 11) is 1.69. The number of ether oxygens (including phenoxy) is 1. The van der Waals surface area contributed by atoms with Crippen molar-refractivity contribution in [2.45, 2.75) is 26.2 Å². The van der Waals surface area contributed by atoms with Crippen LogP contribution in [0.15, 0.2) is 18.2 Å². The Kier molecular flexibility index (Phi) is 5.31. The van der Waals surface area contributed by atoms with E-state index in [9.17, 15) is 4.79 Å². The van der Waals surface area contributed by atoms with Gasteiger partial charge < -0.3 is 20.7 Å². The third-order valence-electron chi connectivity index (χ3n) is 3.79. The number of hydrogen-bond donors (Lipinski definition) is 2. The predicted octanol–water partition coefficient (Wildman–Crippen LogP) is 2.02. The first kappa shape index (κ1) is 15.5. The summed E-state index contributed by atoms with van der Waals surface area (Å²) in [6, 6.07) is 5.81. The molecule has 1 unspecified atom stereocenters. The van der Waals surface area contributed by atoms with Gasteiger partial charge in [0.2, 0.25) is 5.91 Å². The lowest BCUT2D eigenvalue weighted by atomic mass is 9.96. The Morgan fingerprint density at radius 3 is 3.00 bits per heavy atom. The summed E-state index contributed by atoms with van der Waals surface area (Å²) >= 11 is 0. The van der Waals surface area contributed by atoms with Crippen LogP contribution in [0.5, 0.6) is 5.75 Å². The van der Waals surface area contributed by atoms with Gasteiger partial charge in [-0.15, -0.1) is 0 Å². The molecule has 2 rings (SSSR count). The normalized spacial score (nSPS) is 18.4. The molecule has 1 atom stereocenters. The summed E-state index contributed by atoms with van der Waals surface area (Å²) in [4.78, 5) is 14.1. The van der Waals surface area contributed by atoms with Crippen LogP contribution in [0.1, 0.15) is 26.2 Å². The average Bonchev–Trinajstić information content (AvgIpc) is 2.51. The molecule has 1 fully saturated rings. The van der Waals surface area contributed by atoms with Gasteiger partial charge in [-0.25, -0.2) is 0 Å². The molecular weight excluding hydrogens is 266 g/mol. The number of benzene rings is 1. The van der Waals surface area contributed by atoms with Gasteiger partial charge >= 0.3 is 0 Å². The number of nitrogens with zero attached hydrogens (tertiary/aromatic N) is 1. The van der Waals surface area contributed by atoms with Gasteiger partial charge in [-0.05, 0) is 25.3 Å². The van der Waals surface area contributed by atoms with E-state index >= 15 is 0 Å². The van der Waals surface area contributed by atoms with Gasteiger partial charge in [-0.2, -0.15) is 0 Å². The van der Waals surface area contributed by atoms with Gasteiger partial charge in [-0.3, -0.25) is 4.79 Å². The molecule has 3 N–H and O–H groups in total. The molecule has 0 bridgehead atoms. The van der Waals surface area contributed by atoms with Crippen LogP contribution < -0.4 is 20.7 Å². The van der Waals surface area contributed by atoms with Gasteiger partial charge in [0.1, 0.15) is 5.75 Å². The number of piperidine rings is 1. The lowest BCUT2D eigenvalue weighted by Crippen LogP contribution is -2.42. The Balaban J connectivity index is 2.12. The zero-order chi connectivity index (χ0) is 15.2. The van der Waals surface area contributed by atoms with Crippen LogP contribution in [0.2, 0.25) is 0 Å². The molecule has 5 heteroatoms. The largest absolute Gasteiger partial charge is 0.493 e. The first-order valence-corrected chi connectivity index (χ1v) is 7.64.